The van der Waals surface area contributed by atoms with Gasteiger partial charge in [-0.05, 0) is 30.7 Å². The van der Waals surface area contributed by atoms with Gasteiger partial charge in [0.2, 0.25) is 5.91 Å². The molecule has 25 heavy (non-hydrogen) atoms. The second-order valence-electron chi connectivity index (χ2n) is 5.35. The highest BCUT2D eigenvalue weighted by Gasteiger charge is 2.10. The maximum atomic E-state index is 11.5. The van der Waals surface area contributed by atoms with Crippen LogP contribution in [0.4, 0.5) is 0 Å². The van der Waals surface area contributed by atoms with E-state index in [1.54, 1.807) is 45.5 Å². The third kappa shape index (κ3) is 8.59. The molecule has 0 radical (unpaired) electrons. The van der Waals surface area contributed by atoms with Crippen LogP contribution in [0.25, 0.3) is 0 Å². The van der Waals surface area contributed by atoms with Gasteiger partial charge < -0.3 is 24.4 Å². The molecule has 0 bridgehead atoms. The predicted molar refractivity (Wildman–Crippen MR) is 90.4 cm³/mol. The van der Waals surface area contributed by atoms with E-state index in [2.05, 4.69) is 5.32 Å². The Labute approximate surface area is 147 Å². The minimum atomic E-state index is -0.516. The van der Waals surface area contributed by atoms with Gasteiger partial charge in [0.25, 0.3) is 5.91 Å². The number of esters is 1. The molecule has 0 fully saturated rings. The number of benzene rings is 1. The lowest BCUT2D eigenvalue weighted by Crippen LogP contribution is -2.38. The molecule has 2 amide bonds. The maximum absolute atomic E-state index is 11.5. The summed E-state index contributed by atoms with van der Waals surface area (Å²) in [7, 11) is 4.76. The summed E-state index contributed by atoms with van der Waals surface area (Å²) in [5.74, 6) is 0.168. The van der Waals surface area contributed by atoms with Gasteiger partial charge in [-0.1, -0.05) is 0 Å². The summed E-state index contributed by atoms with van der Waals surface area (Å²) < 4.78 is 15.4. The van der Waals surface area contributed by atoms with Gasteiger partial charge in [0, 0.05) is 20.5 Å². The largest absolute Gasteiger partial charge is 0.497 e. The molecule has 1 aromatic rings. The molecule has 0 spiro atoms. The second-order valence-corrected chi connectivity index (χ2v) is 5.35. The molecule has 0 saturated carbocycles. The summed E-state index contributed by atoms with van der Waals surface area (Å²) in [6.45, 7) is -0.178. The third-order valence-corrected chi connectivity index (χ3v) is 3.15. The molecule has 0 saturated heterocycles. The van der Waals surface area contributed by atoms with Crippen LogP contribution in [0, 0.1) is 0 Å². The topological polar surface area (TPSA) is 94.2 Å². The fourth-order valence-corrected chi connectivity index (χ4v) is 1.68. The molecule has 0 aliphatic carbocycles. The van der Waals surface area contributed by atoms with Crippen molar-refractivity contribution in [3.8, 4) is 11.5 Å². The Kier molecular flexibility index (Phi) is 8.84. The van der Waals surface area contributed by atoms with Crippen molar-refractivity contribution < 1.29 is 28.6 Å². The smallest absolute Gasteiger partial charge is 0.306 e. The van der Waals surface area contributed by atoms with Crippen LogP contribution in [0.2, 0.25) is 0 Å². The monoisotopic (exact) mass is 352 g/mol. The van der Waals surface area contributed by atoms with E-state index in [1.807, 2.05) is 0 Å². The molecule has 0 atom stereocenters. The van der Waals surface area contributed by atoms with E-state index in [0.717, 1.165) is 5.75 Å². The fraction of sp³-hybridized carbons (Fsp3) is 0.471. The standard InChI is InChI=1S/C17H24N2O6/c1-19(2)16(21)11-18-15(20)12-25-17(22)5-4-10-24-14-8-6-13(23-3)7-9-14/h6-9H,4-5,10-12H2,1-3H3,(H,18,20). The summed E-state index contributed by atoms with van der Waals surface area (Å²) >= 11 is 0. The number of methoxy groups -OCH3 is 1. The first-order chi connectivity index (χ1) is 11.9. The number of rotatable bonds is 10. The van der Waals surface area contributed by atoms with Crippen molar-refractivity contribution in [3.63, 3.8) is 0 Å². The van der Waals surface area contributed by atoms with Crippen molar-refractivity contribution >= 4 is 17.8 Å². The van der Waals surface area contributed by atoms with Gasteiger partial charge in [0.15, 0.2) is 6.61 Å². The lowest BCUT2D eigenvalue weighted by Gasteiger charge is -2.11. The number of ether oxygens (including phenoxy) is 3. The highest BCUT2D eigenvalue weighted by atomic mass is 16.5. The lowest BCUT2D eigenvalue weighted by atomic mass is 10.3. The van der Waals surface area contributed by atoms with Crippen molar-refractivity contribution in [1.29, 1.82) is 0 Å². The van der Waals surface area contributed by atoms with Gasteiger partial charge in [-0.3, -0.25) is 14.4 Å². The molecule has 1 N–H and O–H groups in total. The summed E-state index contributed by atoms with van der Waals surface area (Å²) in [5.41, 5.74) is 0. The summed E-state index contributed by atoms with van der Waals surface area (Å²) in [6, 6.07) is 7.11. The van der Waals surface area contributed by atoms with E-state index in [-0.39, 0.29) is 18.9 Å². The van der Waals surface area contributed by atoms with Crippen LogP contribution in [-0.4, -0.2) is 63.6 Å². The summed E-state index contributed by atoms with van der Waals surface area (Å²) in [5, 5.41) is 2.37. The molecule has 0 aromatic heterocycles. The van der Waals surface area contributed by atoms with Gasteiger partial charge in [0.05, 0.1) is 20.3 Å². The van der Waals surface area contributed by atoms with E-state index in [4.69, 9.17) is 14.2 Å². The first-order valence-corrected chi connectivity index (χ1v) is 7.81. The van der Waals surface area contributed by atoms with Crippen LogP contribution < -0.4 is 14.8 Å². The van der Waals surface area contributed by atoms with Crippen LogP contribution in [0.5, 0.6) is 11.5 Å². The number of carbonyl (C=O) groups is 3. The van der Waals surface area contributed by atoms with Gasteiger partial charge >= 0.3 is 5.97 Å². The van der Waals surface area contributed by atoms with E-state index in [1.165, 1.54) is 4.90 Å². The van der Waals surface area contributed by atoms with Crippen molar-refractivity contribution in [1.82, 2.24) is 10.2 Å². The van der Waals surface area contributed by atoms with E-state index in [0.29, 0.717) is 18.8 Å². The minimum absolute atomic E-state index is 0.126. The van der Waals surface area contributed by atoms with Crippen molar-refractivity contribution in [3.05, 3.63) is 24.3 Å². The molecule has 138 valence electrons. The van der Waals surface area contributed by atoms with Gasteiger partial charge in [-0.15, -0.1) is 0 Å². The number of hydrogen-bond acceptors (Lipinski definition) is 6. The first kappa shape index (κ1) is 20.3. The average molecular weight is 352 g/mol. The van der Waals surface area contributed by atoms with E-state index in [9.17, 15) is 14.4 Å². The zero-order valence-electron chi connectivity index (χ0n) is 14.7. The van der Waals surface area contributed by atoms with Crippen LogP contribution in [0.3, 0.4) is 0 Å². The molecule has 0 aliphatic heterocycles. The van der Waals surface area contributed by atoms with Gasteiger partial charge in [0.1, 0.15) is 11.5 Å². The zero-order valence-corrected chi connectivity index (χ0v) is 14.7. The fourth-order valence-electron chi connectivity index (χ4n) is 1.68. The van der Waals surface area contributed by atoms with Crippen molar-refractivity contribution in [2.24, 2.45) is 0 Å². The maximum Gasteiger partial charge on any atom is 0.306 e. The van der Waals surface area contributed by atoms with Crippen LogP contribution >= 0.6 is 0 Å². The molecular formula is C17H24N2O6. The second kappa shape index (κ2) is 10.9. The highest BCUT2D eigenvalue weighted by Crippen LogP contribution is 2.17. The van der Waals surface area contributed by atoms with Crippen molar-refractivity contribution in [2.45, 2.75) is 12.8 Å². The van der Waals surface area contributed by atoms with Crippen LogP contribution in [0.1, 0.15) is 12.8 Å². The lowest BCUT2D eigenvalue weighted by molar-refractivity contribution is -0.148. The highest BCUT2D eigenvalue weighted by molar-refractivity contribution is 5.86. The quantitative estimate of drug-likeness (QED) is 0.490. The third-order valence-electron chi connectivity index (χ3n) is 3.15. The Morgan fingerprint density at radius 3 is 2.32 bits per heavy atom. The van der Waals surface area contributed by atoms with Crippen LogP contribution in [-0.2, 0) is 19.1 Å². The zero-order chi connectivity index (χ0) is 18.7. The number of amides is 2. The Hall–Kier alpha value is -2.77. The molecule has 8 nitrogen and oxygen atoms in total. The Morgan fingerprint density at radius 1 is 1.08 bits per heavy atom. The Morgan fingerprint density at radius 2 is 1.72 bits per heavy atom. The first-order valence-electron chi connectivity index (χ1n) is 7.81. The molecule has 0 aliphatic rings. The van der Waals surface area contributed by atoms with Crippen molar-refractivity contribution in [2.75, 3.05) is 41.0 Å². The van der Waals surface area contributed by atoms with E-state index < -0.39 is 18.5 Å². The van der Waals surface area contributed by atoms with Crippen LogP contribution in [0.15, 0.2) is 24.3 Å². The normalized spacial score (nSPS) is 9.88. The molecule has 0 heterocycles. The van der Waals surface area contributed by atoms with E-state index >= 15 is 0 Å². The summed E-state index contributed by atoms with van der Waals surface area (Å²) in [6.07, 6.45) is 0.603. The molecule has 8 heteroatoms. The number of hydrogen-bond donors (Lipinski definition) is 1. The molecule has 1 rings (SSSR count). The number of nitrogens with one attached hydrogen (secondary N) is 1. The molecule has 0 unspecified atom stereocenters. The average Bonchev–Trinajstić information content (AvgIpc) is 2.61. The van der Waals surface area contributed by atoms with Gasteiger partial charge in [-0.25, -0.2) is 0 Å². The Balaban J connectivity index is 2.11. The molecule has 1 aromatic carbocycles. The predicted octanol–water partition coefficient (Wildman–Crippen LogP) is 0.602. The Bertz CT molecular complexity index is 571. The number of carbonyl (C=O) groups excluding carboxylic acids is 3. The molecular weight excluding hydrogens is 328 g/mol. The number of nitrogens with zero attached hydrogens (tertiary/aromatic N) is 1. The summed E-state index contributed by atoms with van der Waals surface area (Å²) in [4.78, 5) is 35.6. The SMILES string of the molecule is COc1ccc(OCCCC(=O)OCC(=O)NCC(=O)N(C)C)cc1. The minimum Gasteiger partial charge on any atom is -0.497 e. The number of likely N-dealkylation sites (N-methyl/N-ethyl adjacent to an activating group) is 1. The van der Waals surface area contributed by atoms with Gasteiger partial charge in [-0.2, -0.15) is 0 Å².